The van der Waals surface area contributed by atoms with Gasteiger partial charge in [-0.25, -0.2) is 4.98 Å². The van der Waals surface area contributed by atoms with Gasteiger partial charge >= 0.3 is 0 Å². The number of hydrogen-bond acceptors (Lipinski definition) is 5. The topological polar surface area (TPSA) is 48.5 Å². The summed E-state index contributed by atoms with van der Waals surface area (Å²) in [5, 5.41) is 6.54. The van der Waals surface area contributed by atoms with Gasteiger partial charge in [0.2, 0.25) is 5.91 Å². The first-order valence-electron chi connectivity index (χ1n) is 11.0. The molecule has 1 aliphatic rings. The van der Waals surface area contributed by atoms with Gasteiger partial charge in [0.05, 0.1) is 16.7 Å². The van der Waals surface area contributed by atoms with Crippen molar-refractivity contribution in [3.8, 4) is 11.1 Å². The Kier molecular flexibility index (Phi) is 7.12. The number of benzene rings is 2. The highest BCUT2D eigenvalue weighted by Gasteiger charge is 2.26. The summed E-state index contributed by atoms with van der Waals surface area (Å²) in [7, 11) is 0. The lowest BCUT2D eigenvalue weighted by molar-refractivity contribution is -0.121. The number of nitrogens with zero attached hydrogens (tertiary/aromatic N) is 3. The number of amides is 1. The van der Waals surface area contributed by atoms with E-state index in [4.69, 9.17) is 0 Å². The number of rotatable bonds is 7. The van der Waals surface area contributed by atoms with E-state index in [0.29, 0.717) is 0 Å². The molecule has 162 valence electrons. The monoisotopic (exact) mass is 434 g/mol. The van der Waals surface area contributed by atoms with Crippen LogP contribution in [0.3, 0.4) is 0 Å². The van der Waals surface area contributed by atoms with Gasteiger partial charge in [-0.05, 0) is 25.0 Å². The van der Waals surface area contributed by atoms with Crippen LogP contribution in [0.15, 0.2) is 60.0 Å². The van der Waals surface area contributed by atoms with Crippen LogP contribution in [0.5, 0.6) is 0 Å². The van der Waals surface area contributed by atoms with Crippen molar-refractivity contribution in [3.05, 3.63) is 70.7 Å². The van der Waals surface area contributed by atoms with Gasteiger partial charge in [0, 0.05) is 49.4 Å². The lowest BCUT2D eigenvalue weighted by Gasteiger charge is -2.37. The molecule has 2 aromatic carbocycles. The Hall–Kier alpha value is -2.54. The summed E-state index contributed by atoms with van der Waals surface area (Å²) in [6.07, 6.45) is 0.998. The molecule has 4 rings (SSSR count). The summed E-state index contributed by atoms with van der Waals surface area (Å²) < 4.78 is 0. The van der Waals surface area contributed by atoms with E-state index >= 15 is 0 Å². The molecule has 0 bridgehead atoms. The smallest absolute Gasteiger partial charge is 0.241 e. The van der Waals surface area contributed by atoms with Crippen molar-refractivity contribution in [3.63, 3.8) is 0 Å². The van der Waals surface area contributed by atoms with Crippen molar-refractivity contribution >= 4 is 22.9 Å². The molecule has 1 aromatic heterocycles. The maximum Gasteiger partial charge on any atom is 0.241 e. The molecule has 1 N–H and O–H groups in total. The SMILES string of the molecule is CCc1nc(CN2CCN([C@@H](C)C(=O)Nc3ccccc3-c3ccccc3)CC2)cs1. The number of thiazole rings is 1. The Morgan fingerprint density at radius 2 is 1.77 bits per heavy atom. The fourth-order valence-electron chi connectivity index (χ4n) is 3.99. The van der Waals surface area contributed by atoms with Crippen LogP contribution >= 0.6 is 11.3 Å². The minimum Gasteiger partial charge on any atom is -0.324 e. The van der Waals surface area contributed by atoms with Crippen LogP contribution in [0.1, 0.15) is 24.5 Å². The summed E-state index contributed by atoms with van der Waals surface area (Å²) in [4.78, 5) is 22.4. The average molecular weight is 435 g/mol. The molecule has 2 heterocycles. The van der Waals surface area contributed by atoms with Crippen molar-refractivity contribution in [2.75, 3.05) is 31.5 Å². The van der Waals surface area contributed by atoms with Gasteiger partial charge in [0.15, 0.2) is 0 Å². The van der Waals surface area contributed by atoms with Crippen LogP contribution in [0.4, 0.5) is 5.69 Å². The van der Waals surface area contributed by atoms with Crippen molar-refractivity contribution in [2.24, 2.45) is 0 Å². The quantitative estimate of drug-likeness (QED) is 0.594. The zero-order valence-corrected chi connectivity index (χ0v) is 19.1. The molecule has 0 radical (unpaired) electrons. The number of carbonyl (C=O) groups is 1. The standard InChI is InChI=1S/C25H30N4OS/c1-3-24-26-21(18-31-24)17-28-13-15-29(16-14-28)19(2)25(30)27-23-12-8-7-11-22(23)20-9-5-4-6-10-20/h4-12,18-19H,3,13-17H2,1-2H3,(H,27,30)/t19-/m0/s1. The fourth-order valence-corrected chi connectivity index (χ4v) is 4.72. The number of piperazine rings is 1. The molecule has 0 spiro atoms. The molecule has 31 heavy (non-hydrogen) atoms. The number of aromatic nitrogens is 1. The van der Waals surface area contributed by atoms with Crippen LogP contribution in [-0.2, 0) is 17.8 Å². The molecule has 1 fully saturated rings. The number of para-hydroxylation sites is 1. The number of carbonyl (C=O) groups excluding carboxylic acids is 1. The second-order valence-electron chi connectivity index (χ2n) is 7.98. The van der Waals surface area contributed by atoms with Crippen LogP contribution in [0, 0.1) is 0 Å². The Morgan fingerprint density at radius 3 is 2.48 bits per heavy atom. The van der Waals surface area contributed by atoms with Gasteiger partial charge < -0.3 is 5.32 Å². The van der Waals surface area contributed by atoms with Crippen LogP contribution in [0.2, 0.25) is 0 Å². The van der Waals surface area contributed by atoms with Gasteiger partial charge in [0.1, 0.15) is 0 Å². The van der Waals surface area contributed by atoms with E-state index in [-0.39, 0.29) is 11.9 Å². The predicted molar refractivity (Wildman–Crippen MR) is 128 cm³/mol. The van der Waals surface area contributed by atoms with Crippen LogP contribution in [-0.4, -0.2) is 52.9 Å². The summed E-state index contributed by atoms with van der Waals surface area (Å²) in [5.41, 5.74) is 4.18. The molecule has 0 saturated carbocycles. The highest BCUT2D eigenvalue weighted by molar-refractivity contribution is 7.09. The van der Waals surface area contributed by atoms with E-state index < -0.39 is 0 Å². The molecule has 1 atom stereocenters. The van der Waals surface area contributed by atoms with E-state index in [1.165, 1.54) is 10.7 Å². The molecule has 5 nitrogen and oxygen atoms in total. The van der Waals surface area contributed by atoms with Gasteiger partial charge in [0.25, 0.3) is 0 Å². The maximum absolute atomic E-state index is 13.0. The van der Waals surface area contributed by atoms with Crippen molar-refractivity contribution in [1.82, 2.24) is 14.8 Å². The first-order valence-corrected chi connectivity index (χ1v) is 11.9. The molecule has 1 amide bonds. The molecule has 3 aromatic rings. The molecule has 0 unspecified atom stereocenters. The Bertz CT molecular complexity index is 996. The highest BCUT2D eigenvalue weighted by Crippen LogP contribution is 2.28. The first kappa shape index (κ1) is 21.7. The largest absolute Gasteiger partial charge is 0.324 e. The Balaban J connectivity index is 1.33. The van der Waals surface area contributed by atoms with Crippen LogP contribution in [0.25, 0.3) is 11.1 Å². The first-order chi connectivity index (χ1) is 15.1. The van der Waals surface area contributed by atoms with Gasteiger partial charge in [-0.3, -0.25) is 14.6 Å². The van der Waals surface area contributed by atoms with Crippen molar-refractivity contribution in [2.45, 2.75) is 32.9 Å². The minimum atomic E-state index is -0.169. The molecule has 6 heteroatoms. The fraction of sp³-hybridized carbons (Fsp3) is 0.360. The van der Waals surface area contributed by atoms with E-state index in [2.05, 4.69) is 50.6 Å². The lowest BCUT2D eigenvalue weighted by atomic mass is 10.0. The zero-order chi connectivity index (χ0) is 21.6. The van der Waals surface area contributed by atoms with Crippen molar-refractivity contribution in [1.29, 1.82) is 0 Å². The zero-order valence-electron chi connectivity index (χ0n) is 18.3. The molecular weight excluding hydrogens is 404 g/mol. The highest BCUT2D eigenvalue weighted by atomic mass is 32.1. The van der Waals surface area contributed by atoms with Gasteiger partial charge in [-0.2, -0.15) is 0 Å². The third-order valence-corrected chi connectivity index (χ3v) is 6.93. The number of hydrogen-bond donors (Lipinski definition) is 1. The number of anilines is 1. The summed E-state index contributed by atoms with van der Waals surface area (Å²) >= 11 is 1.75. The predicted octanol–water partition coefficient (Wildman–Crippen LogP) is 4.52. The molecule has 0 aliphatic carbocycles. The summed E-state index contributed by atoms with van der Waals surface area (Å²) in [5.74, 6) is 0.0453. The molecular formula is C25H30N4OS. The maximum atomic E-state index is 13.0. The second-order valence-corrected chi connectivity index (χ2v) is 8.92. The normalized spacial score (nSPS) is 16.2. The molecule has 1 saturated heterocycles. The second kappa shape index (κ2) is 10.2. The van der Waals surface area contributed by atoms with Gasteiger partial charge in [-0.15, -0.1) is 11.3 Å². The van der Waals surface area contributed by atoms with E-state index in [9.17, 15) is 4.79 Å². The summed E-state index contributed by atoms with van der Waals surface area (Å²) in [6.45, 7) is 8.74. The van der Waals surface area contributed by atoms with E-state index in [1.807, 2.05) is 43.3 Å². The Labute approximate surface area is 188 Å². The molecule has 1 aliphatic heterocycles. The Morgan fingerprint density at radius 1 is 1.06 bits per heavy atom. The van der Waals surface area contributed by atoms with E-state index in [0.717, 1.165) is 56.0 Å². The lowest BCUT2D eigenvalue weighted by Crippen LogP contribution is -2.52. The average Bonchev–Trinajstić information content (AvgIpc) is 3.27. The number of aryl methyl sites for hydroxylation is 1. The third kappa shape index (κ3) is 5.39. The van der Waals surface area contributed by atoms with Crippen molar-refractivity contribution < 1.29 is 4.79 Å². The number of nitrogens with one attached hydrogen (secondary N) is 1. The van der Waals surface area contributed by atoms with Gasteiger partial charge in [-0.1, -0.05) is 55.5 Å². The summed E-state index contributed by atoms with van der Waals surface area (Å²) in [6, 6.07) is 18.0. The third-order valence-electron chi connectivity index (χ3n) is 5.89. The van der Waals surface area contributed by atoms with Crippen LogP contribution < -0.4 is 5.32 Å². The minimum absolute atomic E-state index is 0.0453. The van der Waals surface area contributed by atoms with E-state index in [1.54, 1.807) is 11.3 Å².